The van der Waals surface area contributed by atoms with Crippen LogP contribution in [-0.4, -0.2) is 26.2 Å². The van der Waals surface area contributed by atoms with Gasteiger partial charge in [-0.05, 0) is 89.0 Å². The first-order chi connectivity index (χ1) is 22.4. The van der Waals surface area contributed by atoms with Crippen LogP contribution in [-0.2, 0) is 11.0 Å². The van der Waals surface area contributed by atoms with E-state index in [0.717, 1.165) is 43.1 Å². The third-order valence-corrected chi connectivity index (χ3v) is 11.5. The molecule has 0 saturated carbocycles. The van der Waals surface area contributed by atoms with Crippen LogP contribution in [0.2, 0.25) is 0 Å². The Balaban J connectivity index is 1.25. The molecule has 0 amide bonds. The number of rotatable bonds is 4. The largest absolute Gasteiger partial charge is 0.472 e. The molecule has 230 valence electrons. The molecule has 0 N–H and O–H groups in total. The Labute approximate surface area is 275 Å². The van der Waals surface area contributed by atoms with Crippen molar-refractivity contribution in [3.05, 3.63) is 125 Å². The number of fused-ring (bicyclic) bond motifs is 8. The lowest BCUT2D eigenvalue weighted by Gasteiger charge is -2.38. The topological polar surface area (TPSA) is 15.7 Å². The van der Waals surface area contributed by atoms with Crippen LogP contribution in [0.4, 0.5) is 11.4 Å². The molecule has 0 radical (unpaired) electrons. The monoisotopic (exact) mass is 620 g/mol. The van der Waals surface area contributed by atoms with Crippen LogP contribution in [0.5, 0.6) is 5.75 Å². The molecule has 5 aromatic carbocycles. The molecule has 5 aromatic rings. The van der Waals surface area contributed by atoms with Gasteiger partial charge >= 0.3 is 0 Å². The minimum atomic E-state index is -0.750. The third-order valence-electron chi connectivity index (χ3n) is 11.1. The Bertz CT molecular complexity index is 1950. The molecule has 3 nitrogen and oxygen atoms in total. The fraction of sp³-hybridized carbons (Fsp3) is 0.286. The molecule has 3 aliphatic heterocycles. The number of hydrogen-bond donors (Lipinski definition) is 0. The van der Waals surface area contributed by atoms with Crippen molar-refractivity contribution in [1.29, 1.82) is 0 Å². The summed E-state index contributed by atoms with van der Waals surface area (Å²) in [7, 11) is 2.90. The van der Waals surface area contributed by atoms with Gasteiger partial charge in [-0.15, -0.1) is 9.24 Å². The lowest BCUT2D eigenvalue weighted by Crippen LogP contribution is -2.35. The van der Waals surface area contributed by atoms with Crippen molar-refractivity contribution >= 4 is 42.8 Å². The summed E-state index contributed by atoms with van der Waals surface area (Å²) < 4.78 is 7.56. The number of nitrogens with zero attached hydrogens (tertiary/aromatic N) is 2. The van der Waals surface area contributed by atoms with Crippen molar-refractivity contribution in [2.24, 2.45) is 0 Å². The van der Waals surface area contributed by atoms with Crippen molar-refractivity contribution in [3.8, 4) is 16.9 Å². The molecule has 46 heavy (non-hydrogen) atoms. The average molecular weight is 621 g/mol. The molecule has 9 rings (SSSR count). The number of anilines is 2. The molecule has 2 saturated heterocycles. The summed E-state index contributed by atoms with van der Waals surface area (Å²) in [6.07, 6.45) is 9.80. The lowest BCUT2D eigenvalue weighted by atomic mass is 9.77. The number of hydrogen-bond acceptors (Lipinski definition) is 3. The second-order valence-corrected chi connectivity index (χ2v) is 14.8. The Morgan fingerprint density at radius 1 is 0.674 bits per heavy atom. The first-order valence-corrected chi connectivity index (χ1v) is 17.6. The summed E-state index contributed by atoms with van der Waals surface area (Å²) in [5, 5.41) is 3.65. The van der Waals surface area contributed by atoms with Crippen molar-refractivity contribution in [2.75, 3.05) is 36.0 Å². The van der Waals surface area contributed by atoms with E-state index in [0.29, 0.717) is 0 Å². The van der Waals surface area contributed by atoms with Crippen LogP contribution in [0.15, 0.2) is 97.1 Å². The van der Waals surface area contributed by atoms with Gasteiger partial charge in [0.05, 0.1) is 0 Å². The minimum absolute atomic E-state index is 0.159. The number of benzene rings is 5. The highest BCUT2D eigenvalue weighted by Crippen LogP contribution is 2.58. The van der Waals surface area contributed by atoms with Gasteiger partial charge in [0.25, 0.3) is 0 Å². The first-order valence-electron chi connectivity index (χ1n) is 17.0. The van der Waals surface area contributed by atoms with Crippen molar-refractivity contribution < 1.29 is 4.74 Å². The Hall–Kier alpha value is -4.07. The van der Waals surface area contributed by atoms with E-state index in [9.17, 15) is 0 Å². The number of ether oxygens (including phenoxy) is 1. The smallest absolute Gasteiger partial charge is 0.178 e. The summed E-state index contributed by atoms with van der Waals surface area (Å²) >= 11 is 0. The molecular weight excluding hydrogens is 579 g/mol. The van der Waals surface area contributed by atoms with Gasteiger partial charge in [0.15, 0.2) is 5.60 Å². The van der Waals surface area contributed by atoms with Gasteiger partial charge in [0, 0.05) is 65.0 Å². The maximum Gasteiger partial charge on any atom is 0.178 e. The zero-order valence-corrected chi connectivity index (χ0v) is 28.0. The molecular formula is C42H41N2OP. The fourth-order valence-corrected chi connectivity index (χ4v) is 8.98. The van der Waals surface area contributed by atoms with Gasteiger partial charge in [-0.3, -0.25) is 0 Å². The summed E-state index contributed by atoms with van der Waals surface area (Å²) in [6, 6.07) is 34.1. The second kappa shape index (κ2) is 10.5. The first kappa shape index (κ1) is 28.2. The average Bonchev–Trinajstić information content (AvgIpc) is 3.87. The minimum Gasteiger partial charge on any atom is -0.472 e. The highest BCUT2D eigenvalue weighted by molar-refractivity contribution is 7.27. The highest BCUT2D eigenvalue weighted by Gasteiger charge is 2.44. The van der Waals surface area contributed by atoms with E-state index in [1.807, 2.05) is 0 Å². The molecule has 2 fully saturated rings. The zero-order valence-electron chi connectivity index (χ0n) is 26.9. The molecule has 1 atom stereocenters. The van der Waals surface area contributed by atoms with Gasteiger partial charge in [0.2, 0.25) is 0 Å². The van der Waals surface area contributed by atoms with E-state index in [1.165, 1.54) is 81.0 Å². The SMILES string of the molecule is CC1(C)c2cc(P)ccc2-c2c1c1c(c3ccccc23)OC(c2ccc(N3CCCC3)cc2)(c2ccc(N3CCCC3)cc2)C=C1. The second-order valence-electron chi connectivity index (χ2n) is 14.1. The standard InChI is InChI=1S/C42H41N2OP/c1-41(2)37-27-32(46)19-20-35(37)38-33-9-3-4-10-34(33)40-36(39(38)41)21-22-42(45-40,28-11-15-30(16-12-28)43-23-5-6-24-43)29-13-17-31(18-14-29)44-25-7-8-26-44/h3-4,9-22,27H,5-8,23-26,46H2,1-2H3. The van der Waals surface area contributed by atoms with Crippen molar-refractivity contribution in [1.82, 2.24) is 0 Å². The molecule has 1 aliphatic carbocycles. The van der Waals surface area contributed by atoms with E-state index >= 15 is 0 Å². The fourth-order valence-electron chi connectivity index (χ4n) is 8.72. The van der Waals surface area contributed by atoms with Crippen LogP contribution in [0, 0.1) is 0 Å². The van der Waals surface area contributed by atoms with Crippen molar-refractivity contribution in [2.45, 2.75) is 50.5 Å². The third kappa shape index (κ3) is 4.14. The predicted octanol–water partition coefficient (Wildman–Crippen LogP) is 9.20. The lowest BCUT2D eigenvalue weighted by molar-refractivity contribution is 0.163. The van der Waals surface area contributed by atoms with Crippen LogP contribution in [0.1, 0.15) is 67.3 Å². The van der Waals surface area contributed by atoms with Gasteiger partial charge in [-0.1, -0.05) is 86.7 Å². The predicted molar refractivity (Wildman–Crippen MR) is 197 cm³/mol. The van der Waals surface area contributed by atoms with E-state index in [1.54, 1.807) is 0 Å². The zero-order chi connectivity index (χ0) is 31.0. The Morgan fingerprint density at radius 3 is 1.83 bits per heavy atom. The summed E-state index contributed by atoms with van der Waals surface area (Å²) in [4.78, 5) is 5.01. The summed E-state index contributed by atoms with van der Waals surface area (Å²) in [6.45, 7) is 9.31. The van der Waals surface area contributed by atoms with Crippen LogP contribution < -0.4 is 19.8 Å². The molecule has 1 unspecified atom stereocenters. The van der Waals surface area contributed by atoms with Gasteiger partial charge in [-0.2, -0.15) is 0 Å². The molecule has 0 aromatic heterocycles. The van der Waals surface area contributed by atoms with Gasteiger partial charge < -0.3 is 14.5 Å². The van der Waals surface area contributed by atoms with Crippen molar-refractivity contribution in [3.63, 3.8) is 0 Å². The molecule has 0 spiro atoms. The van der Waals surface area contributed by atoms with Gasteiger partial charge in [0.1, 0.15) is 5.75 Å². The van der Waals surface area contributed by atoms with E-state index in [2.05, 4.69) is 136 Å². The van der Waals surface area contributed by atoms with E-state index < -0.39 is 5.60 Å². The highest BCUT2D eigenvalue weighted by atomic mass is 31.0. The van der Waals surface area contributed by atoms with E-state index in [-0.39, 0.29) is 5.41 Å². The quantitative estimate of drug-likeness (QED) is 0.186. The maximum atomic E-state index is 7.56. The molecule has 4 heteroatoms. The Kier molecular flexibility index (Phi) is 6.42. The molecule has 0 bridgehead atoms. The summed E-state index contributed by atoms with van der Waals surface area (Å²) in [5.74, 6) is 0.982. The summed E-state index contributed by atoms with van der Waals surface area (Å²) in [5.41, 5.74) is 10.7. The molecule has 4 aliphatic rings. The maximum absolute atomic E-state index is 7.56. The normalized spacial score (nSPS) is 18.8. The van der Waals surface area contributed by atoms with Crippen LogP contribution in [0.3, 0.4) is 0 Å². The molecule has 3 heterocycles. The van der Waals surface area contributed by atoms with Crippen LogP contribution in [0.25, 0.3) is 28.0 Å². The Morgan fingerprint density at radius 2 is 1.24 bits per heavy atom. The van der Waals surface area contributed by atoms with Crippen LogP contribution >= 0.6 is 9.24 Å². The van der Waals surface area contributed by atoms with Gasteiger partial charge in [-0.25, -0.2) is 0 Å². The van der Waals surface area contributed by atoms with E-state index in [4.69, 9.17) is 4.74 Å².